The predicted molar refractivity (Wildman–Crippen MR) is 128 cm³/mol. The van der Waals surface area contributed by atoms with Crippen molar-refractivity contribution in [2.75, 3.05) is 16.8 Å². The van der Waals surface area contributed by atoms with Crippen LogP contribution in [0.25, 0.3) is 0 Å². The highest BCUT2D eigenvalue weighted by Gasteiger charge is 2.44. The molecule has 0 aromatic heterocycles. The molecule has 1 heterocycles. The van der Waals surface area contributed by atoms with Gasteiger partial charge in [0.25, 0.3) is 0 Å². The zero-order valence-electron chi connectivity index (χ0n) is 19.3. The van der Waals surface area contributed by atoms with E-state index in [4.69, 9.17) is 9.47 Å². The van der Waals surface area contributed by atoms with E-state index in [0.29, 0.717) is 24.3 Å². The third-order valence-electron chi connectivity index (χ3n) is 7.28. The average molecular weight is 449 g/mol. The molecule has 1 aliphatic heterocycles. The number of hydrogen-bond donors (Lipinski definition) is 1. The summed E-state index contributed by atoms with van der Waals surface area (Å²) in [4.78, 5) is 26.9. The summed E-state index contributed by atoms with van der Waals surface area (Å²) in [5.74, 6) is 1.10. The molecule has 2 fully saturated rings. The van der Waals surface area contributed by atoms with E-state index in [1.165, 1.54) is 6.42 Å². The maximum atomic E-state index is 12.3. The van der Waals surface area contributed by atoms with E-state index in [-0.39, 0.29) is 18.1 Å². The number of ether oxygens (including phenoxy) is 2. The summed E-state index contributed by atoms with van der Waals surface area (Å²) in [6, 6.07) is 14.3. The van der Waals surface area contributed by atoms with Crippen LogP contribution in [0.15, 0.2) is 42.5 Å². The number of carbonyl (C=O) groups is 2. The second-order valence-corrected chi connectivity index (χ2v) is 9.45. The van der Waals surface area contributed by atoms with Crippen LogP contribution in [0.5, 0.6) is 5.75 Å². The molecule has 0 radical (unpaired) electrons. The van der Waals surface area contributed by atoms with Gasteiger partial charge in [-0.1, -0.05) is 18.2 Å². The van der Waals surface area contributed by atoms with Gasteiger partial charge in [-0.3, -0.25) is 5.32 Å². The number of aldehydes is 1. The molecule has 6 nitrogen and oxygen atoms in total. The predicted octanol–water partition coefficient (Wildman–Crippen LogP) is 5.83. The summed E-state index contributed by atoms with van der Waals surface area (Å²) in [6.07, 6.45) is 6.35. The smallest absolute Gasteiger partial charge is 0.411 e. The van der Waals surface area contributed by atoms with Gasteiger partial charge in [-0.25, -0.2) is 4.79 Å². The molecule has 0 saturated heterocycles. The molecule has 0 bridgehead atoms. The number of benzene rings is 2. The van der Waals surface area contributed by atoms with Crippen LogP contribution in [0.1, 0.15) is 69.0 Å². The number of anilines is 2. The normalized spacial score (nSPS) is 22.8. The van der Waals surface area contributed by atoms with E-state index in [1.807, 2.05) is 50.2 Å². The summed E-state index contributed by atoms with van der Waals surface area (Å²) in [5.41, 5.74) is 3.93. The minimum atomic E-state index is -0.416. The fourth-order valence-corrected chi connectivity index (χ4v) is 5.12. The Morgan fingerprint density at radius 3 is 2.52 bits per heavy atom. The Balaban J connectivity index is 1.38. The molecule has 6 heteroatoms. The Morgan fingerprint density at radius 1 is 1.15 bits per heavy atom. The van der Waals surface area contributed by atoms with Crippen LogP contribution in [-0.4, -0.2) is 31.1 Å². The van der Waals surface area contributed by atoms with Crippen LogP contribution in [0.2, 0.25) is 0 Å². The molecule has 3 aliphatic rings. The minimum absolute atomic E-state index is 0.0489. The van der Waals surface area contributed by atoms with Crippen molar-refractivity contribution in [3.63, 3.8) is 0 Å². The van der Waals surface area contributed by atoms with Crippen LogP contribution in [0.3, 0.4) is 0 Å². The molecular formula is C27H32N2O4. The van der Waals surface area contributed by atoms with Crippen molar-refractivity contribution in [3.8, 4) is 5.75 Å². The second-order valence-electron chi connectivity index (χ2n) is 9.45. The van der Waals surface area contributed by atoms with E-state index in [2.05, 4.69) is 16.3 Å². The van der Waals surface area contributed by atoms with Crippen LogP contribution in [-0.2, 0) is 9.53 Å². The number of carbonyl (C=O) groups excluding carboxylic acids is 2. The molecular weight excluding hydrogens is 416 g/mol. The highest BCUT2D eigenvalue weighted by molar-refractivity contribution is 5.85. The Morgan fingerprint density at radius 2 is 1.91 bits per heavy atom. The van der Waals surface area contributed by atoms with Gasteiger partial charge in [-0.05, 0) is 81.2 Å². The van der Waals surface area contributed by atoms with Crippen LogP contribution in [0.4, 0.5) is 16.2 Å². The van der Waals surface area contributed by atoms with Crippen molar-refractivity contribution in [3.05, 3.63) is 53.6 Å². The summed E-state index contributed by atoms with van der Waals surface area (Å²) in [7, 11) is 0. The van der Waals surface area contributed by atoms with E-state index in [9.17, 15) is 9.59 Å². The standard InChI is InChI=1S/C27H32N2O4/c1-3-32-22-13-14-23-24(16-30)26(29(25(23)15-22)21-5-4-6-21)19-9-11-20(12-10-19)28-27(31)33-17(2)18-7-8-18/h9-18,21,24,26H,3-8H2,1-2H3,(H,28,31). The molecule has 5 rings (SSSR count). The lowest BCUT2D eigenvalue weighted by molar-refractivity contribution is -0.109. The van der Waals surface area contributed by atoms with Gasteiger partial charge in [0.15, 0.2) is 0 Å². The Hall–Kier alpha value is -3.02. The van der Waals surface area contributed by atoms with E-state index in [1.54, 1.807) is 0 Å². The van der Waals surface area contributed by atoms with Gasteiger partial charge in [-0.2, -0.15) is 0 Å². The third-order valence-corrected chi connectivity index (χ3v) is 7.28. The Kier molecular flexibility index (Phi) is 6.00. The zero-order valence-corrected chi connectivity index (χ0v) is 19.3. The summed E-state index contributed by atoms with van der Waals surface area (Å²) < 4.78 is 11.2. The average Bonchev–Trinajstić information content (AvgIpc) is 3.57. The molecule has 2 aliphatic carbocycles. The molecule has 33 heavy (non-hydrogen) atoms. The van der Waals surface area contributed by atoms with Crippen LogP contribution < -0.4 is 15.0 Å². The maximum Gasteiger partial charge on any atom is 0.411 e. The monoisotopic (exact) mass is 448 g/mol. The van der Waals surface area contributed by atoms with Crippen molar-refractivity contribution in [1.82, 2.24) is 0 Å². The Labute approximate surface area is 195 Å². The first-order chi connectivity index (χ1) is 16.1. The van der Waals surface area contributed by atoms with Crippen LogP contribution >= 0.6 is 0 Å². The van der Waals surface area contributed by atoms with Gasteiger partial charge in [-0.15, -0.1) is 0 Å². The SMILES string of the molecule is CCOc1ccc2c(c1)N(C1CCC1)C(c1ccc(NC(=O)OC(C)C3CC3)cc1)C2C=O. The minimum Gasteiger partial charge on any atom is -0.494 e. The second kappa shape index (κ2) is 9.08. The molecule has 2 saturated carbocycles. The van der Waals surface area contributed by atoms with Crippen molar-refractivity contribution < 1.29 is 19.1 Å². The van der Waals surface area contributed by atoms with Gasteiger partial charge >= 0.3 is 6.09 Å². The number of nitrogens with one attached hydrogen (secondary N) is 1. The lowest BCUT2D eigenvalue weighted by Gasteiger charge is -2.41. The summed E-state index contributed by atoms with van der Waals surface area (Å²) in [6.45, 7) is 4.54. The largest absolute Gasteiger partial charge is 0.494 e. The number of amides is 1. The number of fused-ring (bicyclic) bond motifs is 1. The van der Waals surface area contributed by atoms with E-state index in [0.717, 1.165) is 54.5 Å². The molecule has 2 aromatic rings. The summed E-state index contributed by atoms with van der Waals surface area (Å²) >= 11 is 0. The fourth-order valence-electron chi connectivity index (χ4n) is 5.12. The van der Waals surface area contributed by atoms with Crippen molar-refractivity contribution >= 4 is 23.8 Å². The fraction of sp³-hybridized carbons (Fsp3) is 0.481. The van der Waals surface area contributed by atoms with Crippen molar-refractivity contribution in [2.45, 2.75) is 70.1 Å². The third kappa shape index (κ3) is 4.31. The molecule has 0 spiro atoms. The molecule has 3 atom stereocenters. The lowest BCUT2D eigenvalue weighted by atomic mass is 9.87. The first kappa shape index (κ1) is 21.8. The molecule has 2 aromatic carbocycles. The highest BCUT2D eigenvalue weighted by Crippen LogP contribution is 2.52. The van der Waals surface area contributed by atoms with Gasteiger partial charge in [0.05, 0.1) is 18.6 Å². The van der Waals surface area contributed by atoms with Gasteiger partial charge < -0.3 is 19.2 Å². The highest BCUT2D eigenvalue weighted by atomic mass is 16.6. The van der Waals surface area contributed by atoms with E-state index >= 15 is 0 Å². The maximum absolute atomic E-state index is 12.3. The molecule has 3 unspecified atom stereocenters. The first-order valence-electron chi connectivity index (χ1n) is 12.2. The van der Waals surface area contributed by atoms with Gasteiger partial charge in [0, 0.05) is 23.5 Å². The number of hydrogen-bond acceptors (Lipinski definition) is 5. The van der Waals surface area contributed by atoms with Gasteiger partial charge in [0.1, 0.15) is 18.1 Å². The first-order valence-corrected chi connectivity index (χ1v) is 12.2. The summed E-state index contributed by atoms with van der Waals surface area (Å²) in [5, 5.41) is 2.83. The zero-order chi connectivity index (χ0) is 22.9. The molecule has 1 N–H and O–H groups in total. The van der Waals surface area contributed by atoms with Crippen LogP contribution in [0, 0.1) is 5.92 Å². The van der Waals surface area contributed by atoms with Crippen molar-refractivity contribution in [2.24, 2.45) is 5.92 Å². The number of rotatable bonds is 8. The number of nitrogens with zero attached hydrogens (tertiary/aromatic N) is 1. The van der Waals surface area contributed by atoms with Gasteiger partial charge in [0.2, 0.25) is 0 Å². The van der Waals surface area contributed by atoms with E-state index < -0.39 is 6.09 Å². The topological polar surface area (TPSA) is 67.9 Å². The van der Waals surface area contributed by atoms with Crippen molar-refractivity contribution in [1.29, 1.82) is 0 Å². The molecule has 174 valence electrons. The molecule has 1 amide bonds. The Bertz CT molecular complexity index is 1010. The quantitative estimate of drug-likeness (QED) is 0.515. The lowest BCUT2D eigenvalue weighted by Crippen LogP contribution is -2.41.